The number of nitrogens with zero attached hydrogens (tertiary/aromatic N) is 3. The maximum atomic E-state index is 12.4. The van der Waals surface area contributed by atoms with Crippen molar-refractivity contribution in [3.63, 3.8) is 0 Å². The van der Waals surface area contributed by atoms with Crippen LogP contribution in [0.15, 0.2) is 65.4 Å². The van der Waals surface area contributed by atoms with E-state index in [-0.39, 0.29) is 5.41 Å². The van der Waals surface area contributed by atoms with Crippen LogP contribution in [0.1, 0.15) is 26.5 Å². The molecule has 10 nitrogen and oxygen atoms in total. The molecule has 0 atom stereocenters. The molecule has 5 rings (SSSR count). The minimum absolute atomic E-state index is 0.167. The number of carbonyl (C=O) groups is 1. The van der Waals surface area contributed by atoms with E-state index in [1.807, 2.05) is 63.4 Å². The van der Waals surface area contributed by atoms with Crippen LogP contribution in [-0.2, 0) is 5.41 Å². The lowest BCUT2D eigenvalue weighted by molar-refractivity contribution is 0.261. The van der Waals surface area contributed by atoms with E-state index in [2.05, 4.69) is 41.5 Å². The summed E-state index contributed by atoms with van der Waals surface area (Å²) in [5.41, 5.74) is 5.59. The van der Waals surface area contributed by atoms with Crippen LogP contribution in [0.25, 0.3) is 22.2 Å². The van der Waals surface area contributed by atoms with Gasteiger partial charge >= 0.3 is 6.03 Å². The molecule has 0 radical (unpaired) electrons. The molecule has 3 aromatic heterocycles. The number of nitrogens with one attached hydrogen (secondary N) is 5. The van der Waals surface area contributed by atoms with Crippen LogP contribution in [0.3, 0.4) is 0 Å². The number of aromatic amines is 2. The van der Waals surface area contributed by atoms with E-state index in [4.69, 9.17) is 4.52 Å². The second-order valence-corrected chi connectivity index (χ2v) is 8.93. The van der Waals surface area contributed by atoms with Gasteiger partial charge in [0.25, 0.3) is 0 Å². The lowest BCUT2D eigenvalue weighted by Gasteiger charge is -2.12. The number of benzene rings is 2. The average Bonchev–Trinajstić information content (AvgIpc) is 3.54. The fourth-order valence-corrected chi connectivity index (χ4v) is 3.50. The Balaban J connectivity index is 1.26. The Morgan fingerprint density at radius 2 is 1.82 bits per heavy atom. The van der Waals surface area contributed by atoms with E-state index in [1.165, 1.54) is 0 Å². The standard InChI is InChI=1S/C24H24N8O2/c1-24(2,3)20-11-21(34-32-20)29-23(33)28-16-6-4-5-15(9-16)27-17-7-8-18-19(10-17)30-31-22(18)14-12-25-26-13-14/h4-13,27H,1-3H3,(H,25,26)(H,30,31)(H2,28,29,33). The summed E-state index contributed by atoms with van der Waals surface area (Å²) in [7, 11) is 0. The SMILES string of the molecule is CC(C)(C)c1cc(NC(=O)Nc2cccc(Nc3ccc4c(-c5cn[nH]c5)n[nH]c4c3)c2)on1. The summed E-state index contributed by atoms with van der Waals surface area (Å²) < 4.78 is 5.22. The van der Waals surface area contributed by atoms with Gasteiger partial charge in [0.2, 0.25) is 5.88 Å². The van der Waals surface area contributed by atoms with Crippen LogP contribution in [0, 0.1) is 0 Å². The normalized spacial score (nSPS) is 11.5. The van der Waals surface area contributed by atoms with E-state index >= 15 is 0 Å². The molecule has 0 saturated carbocycles. The molecule has 0 spiro atoms. The summed E-state index contributed by atoms with van der Waals surface area (Å²) in [5.74, 6) is 0.291. The molecule has 10 heteroatoms. The van der Waals surface area contributed by atoms with Crippen LogP contribution < -0.4 is 16.0 Å². The van der Waals surface area contributed by atoms with Crippen molar-refractivity contribution in [3.8, 4) is 11.3 Å². The molecule has 0 bridgehead atoms. The molecule has 0 aliphatic carbocycles. The highest BCUT2D eigenvalue weighted by Crippen LogP contribution is 2.29. The van der Waals surface area contributed by atoms with Crippen molar-refractivity contribution in [2.45, 2.75) is 26.2 Å². The topological polar surface area (TPSA) is 137 Å². The number of aromatic nitrogens is 5. The van der Waals surface area contributed by atoms with Crippen molar-refractivity contribution in [1.29, 1.82) is 0 Å². The number of H-pyrrole nitrogens is 2. The fourth-order valence-electron chi connectivity index (χ4n) is 3.50. The van der Waals surface area contributed by atoms with Gasteiger partial charge in [0.1, 0.15) is 5.69 Å². The number of amides is 2. The number of hydrogen-bond acceptors (Lipinski definition) is 6. The Morgan fingerprint density at radius 1 is 1.00 bits per heavy atom. The highest BCUT2D eigenvalue weighted by Gasteiger charge is 2.19. The van der Waals surface area contributed by atoms with Gasteiger partial charge < -0.3 is 15.2 Å². The van der Waals surface area contributed by atoms with Crippen molar-refractivity contribution < 1.29 is 9.32 Å². The molecule has 0 aliphatic rings. The second-order valence-electron chi connectivity index (χ2n) is 8.93. The Bertz CT molecular complexity index is 1440. The fraction of sp³-hybridized carbons (Fsp3) is 0.167. The third-order valence-electron chi connectivity index (χ3n) is 5.26. The summed E-state index contributed by atoms with van der Waals surface area (Å²) in [5, 5.41) is 28.1. The van der Waals surface area contributed by atoms with Gasteiger partial charge in [-0.1, -0.05) is 32.0 Å². The van der Waals surface area contributed by atoms with Crippen molar-refractivity contribution in [3.05, 3.63) is 66.6 Å². The molecule has 2 aromatic carbocycles. The highest BCUT2D eigenvalue weighted by atomic mass is 16.5. The van der Waals surface area contributed by atoms with Gasteiger partial charge in [-0.25, -0.2) is 4.79 Å². The molecule has 2 amide bonds. The lowest BCUT2D eigenvalue weighted by Crippen LogP contribution is -2.19. The van der Waals surface area contributed by atoms with E-state index < -0.39 is 6.03 Å². The minimum atomic E-state index is -0.417. The second kappa shape index (κ2) is 8.39. The first kappa shape index (κ1) is 21.3. The average molecular weight is 457 g/mol. The van der Waals surface area contributed by atoms with Crippen LogP contribution in [0.5, 0.6) is 0 Å². The smallest absolute Gasteiger partial charge is 0.326 e. The zero-order chi connectivity index (χ0) is 23.7. The quantitative estimate of drug-likeness (QED) is 0.233. The van der Waals surface area contributed by atoms with Crippen LogP contribution >= 0.6 is 0 Å². The molecule has 5 aromatic rings. The van der Waals surface area contributed by atoms with Crippen molar-refractivity contribution in [2.75, 3.05) is 16.0 Å². The molecule has 0 saturated heterocycles. The maximum Gasteiger partial charge on any atom is 0.326 e. The van der Waals surface area contributed by atoms with Gasteiger partial charge in [-0.05, 0) is 36.4 Å². The third kappa shape index (κ3) is 4.46. The predicted molar refractivity (Wildman–Crippen MR) is 131 cm³/mol. The van der Waals surface area contributed by atoms with Crippen molar-refractivity contribution in [1.82, 2.24) is 25.6 Å². The van der Waals surface area contributed by atoms with E-state index in [0.717, 1.165) is 39.2 Å². The van der Waals surface area contributed by atoms with Gasteiger partial charge in [0.05, 0.1) is 17.4 Å². The van der Waals surface area contributed by atoms with Gasteiger partial charge in [0, 0.05) is 45.7 Å². The Hall–Kier alpha value is -4.60. The summed E-state index contributed by atoms with van der Waals surface area (Å²) in [6.45, 7) is 6.07. The van der Waals surface area contributed by atoms with E-state index in [0.29, 0.717) is 11.6 Å². The number of fused-ring (bicyclic) bond motifs is 1. The van der Waals surface area contributed by atoms with Gasteiger partial charge in [-0.2, -0.15) is 10.2 Å². The summed E-state index contributed by atoms with van der Waals surface area (Å²) >= 11 is 0. The molecular formula is C24H24N8O2. The summed E-state index contributed by atoms with van der Waals surface area (Å²) in [4.78, 5) is 12.4. The minimum Gasteiger partial charge on any atom is -0.355 e. The van der Waals surface area contributed by atoms with Crippen molar-refractivity contribution in [2.24, 2.45) is 0 Å². The Morgan fingerprint density at radius 3 is 2.59 bits per heavy atom. The van der Waals surface area contributed by atoms with Gasteiger partial charge in [-0.15, -0.1) is 0 Å². The van der Waals surface area contributed by atoms with Crippen LogP contribution in [0.2, 0.25) is 0 Å². The van der Waals surface area contributed by atoms with Gasteiger partial charge in [-0.3, -0.25) is 15.5 Å². The zero-order valence-corrected chi connectivity index (χ0v) is 18.9. The Labute approximate surface area is 195 Å². The maximum absolute atomic E-state index is 12.4. The van der Waals surface area contributed by atoms with E-state index in [9.17, 15) is 4.79 Å². The molecule has 0 fully saturated rings. The van der Waals surface area contributed by atoms with E-state index in [1.54, 1.807) is 18.3 Å². The lowest BCUT2D eigenvalue weighted by atomic mass is 9.92. The highest BCUT2D eigenvalue weighted by molar-refractivity contribution is 5.99. The number of hydrogen-bond donors (Lipinski definition) is 5. The number of anilines is 4. The number of rotatable bonds is 5. The molecule has 172 valence electrons. The predicted octanol–water partition coefficient (Wildman–Crippen LogP) is 5.63. The van der Waals surface area contributed by atoms with Crippen LogP contribution in [0.4, 0.5) is 27.7 Å². The molecule has 5 N–H and O–H groups in total. The molecule has 3 heterocycles. The molecular weight excluding hydrogens is 432 g/mol. The monoisotopic (exact) mass is 456 g/mol. The third-order valence-corrected chi connectivity index (χ3v) is 5.26. The number of urea groups is 1. The van der Waals surface area contributed by atoms with Gasteiger partial charge in [0.15, 0.2) is 0 Å². The molecule has 0 aliphatic heterocycles. The molecule has 0 unspecified atom stereocenters. The molecule has 34 heavy (non-hydrogen) atoms. The first-order valence-electron chi connectivity index (χ1n) is 10.7. The number of carbonyl (C=O) groups excluding carboxylic acids is 1. The summed E-state index contributed by atoms with van der Waals surface area (Å²) in [6, 6.07) is 14.7. The summed E-state index contributed by atoms with van der Waals surface area (Å²) in [6.07, 6.45) is 3.55. The zero-order valence-electron chi connectivity index (χ0n) is 18.9. The largest absolute Gasteiger partial charge is 0.355 e. The van der Waals surface area contributed by atoms with Crippen molar-refractivity contribution >= 4 is 39.9 Å². The Kier molecular flexibility index (Phi) is 5.25. The van der Waals surface area contributed by atoms with Crippen LogP contribution in [-0.4, -0.2) is 31.6 Å². The first-order chi connectivity index (χ1) is 16.3. The first-order valence-corrected chi connectivity index (χ1v) is 10.7.